The number of hydrogen-bond acceptors (Lipinski definition) is 6. The molecule has 0 saturated heterocycles. The number of amides is 2. The van der Waals surface area contributed by atoms with E-state index in [-0.39, 0.29) is 18.5 Å². The second kappa shape index (κ2) is 16.6. The number of anilines is 1. The second-order valence-electron chi connectivity index (χ2n) is 11.4. The van der Waals surface area contributed by atoms with Gasteiger partial charge in [0.1, 0.15) is 35.2 Å². The van der Waals surface area contributed by atoms with Crippen molar-refractivity contribution >= 4 is 35.5 Å². The summed E-state index contributed by atoms with van der Waals surface area (Å²) in [6, 6.07) is 2.85. The molecule has 1 aromatic rings. The fourth-order valence-corrected chi connectivity index (χ4v) is 6.68. The Morgan fingerprint density at radius 2 is 1.76 bits per heavy atom. The summed E-state index contributed by atoms with van der Waals surface area (Å²) >= 11 is 1.83. The van der Waals surface area contributed by atoms with Gasteiger partial charge in [-0.05, 0) is 73.1 Å². The number of unbranched alkanes of at least 4 members (excludes halogenated alkanes) is 6. The maximum atomic E-state index is 14.2. The van der Waals surface area contributed by atoms with Gasteiger partial charge < -0.3 is 19.7 Å². The monoisotopic (exact) mass is 636 g/mol. The van der Waals surface area contributed by atoms with Gasteiger partial charge in [0.25, 0.3) is 0 Å². The number of nitrogens with zero attached hydrogens (tertiary/aromatic N) is 3. The van der Waals surface area contributed by atoms with E-state index in [2.05, 4.69) is 40.5 Å². The van der Waals surface area contributed by atoms with Crippen molar-refractivity contribution in [2.75, 3.05) is 31.0 Å². The quantitative estimate of drug-likeness (QED) is 0.207. The molecule has 0 aromatic heterocycles. The number of hydrogen-bond donors (Lipinski definition) is 1. The topological polar surface area (TPSA) is 75.5 Å². The van der Waals surface area contributed by atoms with Crippen molar-refractivity contribution in [3.8, 4) is 0 Å². The van der Waals surface area contributed by atoms with Crippen molar-refractivity contribution < 1.29 is 23.0 Å². The Balaban J connectivity index is 1.11. The van der Waals surface area contributed by atoms with Gasteiger partial charge in [-0.3, -0.25) is 0 Å². The van der Waals surface area contributed by atoms with Crippen LogP contribution in [0.25, 0.3) is 0 Å². The molecule has 2 aliphatic carbocycles. The Kier molecular flexibility index (Phi) is 12.1. The average Bonchev–Trinajstić information content (AvgIpc) is 3.54. The number of urea groups is 1. The van der Waals surface area contributed by atoms with E-state index in [0.29, 0.717) is 13.1 Å². The summed E-state index contributed by atoms with van der Waals surface area (Å²) in [4.78, 5) is 25.2. The molecular weight excluding hydrogens is 594 g/mol. The van der Waals surface area contributed by atoms with Gasteiger partial charge in [-0.15, -0.1) is 11.8 Å². The van der Waals surface area contributed by atoms with Crippen LogP contribution in [-0.2, 0) is 9.47 Å². The molecule has 0 fully saturated rings. The molecule has 0 unspecified atom stereocenters. The zero-order chi connectivity index (χ0) is 31.4. The van der Waals surface area contributed by atoms with E-state index in [1.165, 1.54) is 17.4 Å². The van der Waals surface area contributed by atoms with E-state index in [1.54, 1.807) is 11.2 Å². The van der Waals surface area contributed by atoms with Gasteiger partial charge in [0.15, 0.2) is 0 Å². The fraction of sp³-hybridized carbons (Fsp3) is 0.457. The van der Waals surface area contributed by atoms with Gasteiger partial charge in [-0.25, -0.2) is 23.6 Å². The van der Waals surface area contributed by atoms with Crippen molar-refractivity contribution in [3.63, 3.8) is 0 Å². The number of rotatable bonds is 14. The number of allylic oxidation sites excluding steroid dienone is 8. The molecule has 0 spiro atoms. The van der Waals surface area contributed by atoms with Crippen LogP contribution in [0, 0.1) is 11.6 Å². The van der Waals surface area contributed by atoms with Crippen LogP contribution in [0.4, 0.5) is 19.3 Å². The number of nitrogens with one attached hydrogen (secondary N) is 1. The smallest absolute Gasteiger partial charge is 0.321 e. The maximum absolute atomic E-state index is 14.2. The summed E-state index contributed by atoms with van der Waals surface area (Å²) in [6.45, 7) is 3.52. The fourth-order valence-electron chi connectivity index (χ4n) is 5.66. The van der Waals surface area contributed by atoms with Gasteiger partial charge in [0, 0.05) is 36.7 Å². The number of thioether (sulfide) groups is 1. The molecule has 45 heavy (non-hydrogen) atoms. The highest BCUT2D eigenvalue weighted by molar-refractivity contribution is 8.03. The molecule has 10 heteroatoms. The van der Waals surface area contributed by atoms with Crippen LogP contribution in [0.5, 0.6) is 0 Å². The number of ether oxygens (including phenoxy) is 2. The van der Waals surface area contributed by atoms with E-state index in [4.69, 9.17) is 9.47 Å². The van der Waals surface area contributed by atoms with E-state index in [9.17, 15) is 13.6 Å². The van der Waals surface area contributed by atoms with Crippen molar-refractivity contribution in [2.45, 2.75) is 77.6 Å². The third kappa shape index (κ3) is 8.96. The lowest BCUT2D eigenvalue weighted by atomic mass is 9.94. The van der Waals surface area contributed by atoms with Gasteiger partial charge in [0.2, 0.25) is 6.79 Å². The van der Waals surface area contributed by atoms with Crippen LogP contribution in [0.1, 0.15) is 77.6 Å². The Labute approximate surface area is 268 Å². The van der Waals surface area contributed by atoms with Gasteiger partial charge >= 0.3 is 6.03 Å². The summed E-state index contributed by atoms with van der Waals surface area (Å²) in [5.74, 6) is 1.09. The number of carbonyl (C=O) groups excluding carboxylic acids is 1. The normalized spacial score (nSPS) is 17.1. The van der Waals surface area contributed by atoms with E-state index in [1.807, 2.05) is 17.8 Å². The van der Waals surface area contributed by atoms with Crippen molar-refractivity contribution in [2.24, 2.45) is 9.98 Å². The van der Waals surface area contributed by atoms with Crippen LogP contribution in [0.2, 0.25) is 0 Å². The molecule has 1 aromatic carbocycles. The number of fused-ring (bicyclic) bond motifs is 4. The summed E-state index contributed by atoms with van der Waals surface area (Å²) in [5, 5.41) is 2.63. The highest BCUT2D eigenvalue weighted by Crippen LogP contribution is 2.38. The summed E-state index contributed by atoms with van der Waals surface area (Å²) in [5.41, 5.74) is 3.71. The predicted octanol–water partition coefficient (Wildman–Crippen LogP) is 9.19. The first-order chi connectivity index (χ1) is 22.0. The highest BCUT2D eigenvalue weighted by atomic mass is 32.2. The van der Waals surface area contributed by atoms with Crippen molar-refractivity contribution in [1.29, 1.82) is 0 Å². The van der Waals surface area contributed by atoms with E-state index in [0.717, 1.165) is 116 Å². The molecule has 2 aliphatic heterocycles. The Morgan fingerprint density at radius 3 is 2.58 bits per heavy atom. The number of benzene rings is 1. The Morgan fingerprint density at radius 1 is 0.978 bits per heavy atom. The number of halogens is 2. The third-order valence-corrected chi connectivity index (χ3v) is 9.24. The van der Waals surface area contributed by atoms with Gasteiger partial charge in [-0.2, -0.15) is 0 Å². The summed E-state index contributed by atoms with van der Waals surface area (Å²) in [6.07, 6.45) is 20.8. The first kappa shape index (κ1) is 32.7. The zero-order valence-electron chi connectivity index (χ0n) is 26.0. The van der Waals surface area contributed by atoms with Crippen LogP contribution < -0.4 is 5.32 Å². The molecule has 0 saturated carbocycles. The van der Waals surface area contributed by atoms with Crippen LogP contribution in [-0.4, -0.2) is 48.6 Å². The van der Waals surface area contributed by atoms with Crippen LogP contribution in [0.15, 0.2) is 85.8 Å². The number of carbonyl (C=O) groups is 1. The molecule has 0 radical (unpaired) electrons. The van der Waals surface area contributed by atoms with E-state index >= 15 is 0 Å². The van der Waals surface area contributed by atoms with Crippen molar-refractivity contribution in [1.82, 2.24) is 4.90 Å². The van der Waals surface area contributed by atoms with Gasteiger partial charge in [0.05, 0.1) is 11.4 Å². The second-order valence-corrected chi connectivity index (χ2v) is 12.6. The average molecular weight is 637 g/mol. The Bertz CT molecular complexity index is 1460. The summed E-state index contributed by atoms with van der Waals surface area (Å²) < 4.78 is 39.5. The maximum Gasteiger partial charge on any atom is 0.321 e. The van der Waals surface area contributed by atoms with Crippen LogP contribution >= 0.6 is 11.8 Å². The molecule has 0 bridgehead atoms. The predicted molar refractivity (Wildman–Crippen MR) is 178 cm³/mol. The molecular formula is C35H42F2N4O3S. The minimum absolute atomic E-state index is 0.00493. The minimum Gasteiger partial charge on any atom is -0.457 e. The minimum atomic E-state index is -0.774. The Hall–Kier alpha value is -3.66. The molecule has 7 nitrogen and oxygen atoms in total. The molecule has 4 aliphatic rings. The molecule has 240 valence electrons. The van der Waals surface area contributed by atoms with Crippen LogP contribution in [0.3, 0.4) is 0 Å². The van der Waals surface area contributed by atoms with Gasteiger partial charge in [-0.1, -0.05) is 45.1 Å². The molecule has 1 N–H and O–H groups in total. The highest BCUT2D eigenvalue weighted by Gasteiger charge is 2.29. The number of aliphatic imine (C=N–C) groups is 2. The molecule has 0 atom stereocenters. The zero-order valence-corrected chi connectivity index (χ0v) is 26.8. The SMILES string of the molecule is CCCCCCCN(CCCCCSC1=CC=C2OCOC3=CCCC=C3C3=NC=NC3=C2C1)C(=O)Nc1ccc(F)cc1F. The summed E-state index contributed by atoms with van der Waals surface area (Å²) in [7, 11) is 0. The lowest BCUT2D eigenvalue weighted by Gasteiger charge is -2.23. The third-order valence-electron chi connectivity index (χ3n) is 8.10. The van der Waals surface area contributed by atoms with E-state index < -0.39 is 11.6 Å². The largest absolute Gasteiger partial charge is 0.457 e. The standard InChI is InChI=1S/C35H42F2N4O3S/c1-2-3-4-5-9-18-41(35(42)40-30-16-14-25(36)21-29(30)37)19-10-6-11-20-45-26-15-17-32-28(22-26)34-33(38-23-39-34)27-12-7-8-13-31(27)43-24-44-32/h12-17,21,23H,2-11,18-20,22,24H2,1H3,(H,40,42). The lowest BCUT2D eigenvalue weighted by Crippen LogP contribution is -2.36. The first-order valence-corrected chi connectivity index (χ1v) is 17.1. The molecule has 2 heterocycles. The lowest BCUT2D eigenvalue weighted by molar-refractivity contribution is 0.0204. The molecule has 2 amide bonds. The van der Waals surface area contributed by atoms with Crippen molar-refractivity contribution in [3.05, 3.63) is 87.4 Å². The first-order valence-electron chi connectivity index (χ1n) is 16.1. The molecule has 5 rings (SSSR count).